The molecule has 0 bridgehead atoms. The lowest BCUT2D eigenvalue weighted by Gasteiger charge is -2.30. The normalized spacial score (nSPS) is 16.0. The summed E-state index contributed by atoms with van der Waals surface area (Å²) in [7, 11) is 0. The molecule has 29 heavy (non-hydrogen) atoms. The molecule has 0 fully saturated rings. The van der Waals surface area contributed by atoms with Crippen molar-refractivity contribution in [1.29, 1.82) is 0 Å². The standard InChI is InChI=1S/C23H19ClN2O2S/c24-17-10-4-7-13-21(17)29-15-23(28)26-19-12-6-5-11-18(19)25-22(27)14-20(26)16-8-2-1-3-9-16/h1-13,20H,14-15H2,(H,25,27). The summed E-state index contributed by atoms with van der Waals surface area (Å²) >= 11 is 7.64. The average molecular weight is 423 g/mol. The molecule has 0 saturated heterocycles. The van der Waals surface area contributed by atoms with E-state index in [1.165, 1.54) is 11.8 Å². The van der Waals surface area contributed by atoms with E-state index in [1.54, 1.807) is 4.90 Å². The zero-order valence-electron chi connectivity index (χ0n) is 15.5. The smallest absolute Gasteiger partial charge is 0.238 e. The molecule has 1 aliphatic rings. The molecule has 1 aliphatic heterocycles. The molecule has 0 saturated carbocycles. The van der Waals surface area contributed by atoms with Crippen LogP contribution in [0.25, 0.3) is 0 Å². The van der Waals surface area contributed by atoms with E-state index in [0.717, 1.165) is 10.5 Å². The molecule has 3 aromatic rings. The number of rotatable bonds is 4. The number of benzene rings is 3. The minimum Gasteiger partial charge on any atom is -0.324 e. The van der Waals surface area contributed by atoms with Gasteiger partial charge in [0.15, 0.2) is 0 Å². The third kappa shape index (κ3) is 4.31. The topological polar surface area (TPSA) is 49.4 Å². The monoisotopic (exact) mass is 422 g/mol. The molecular formula is C23H19ClN2O2S. The minimum atomic E-state index is -0.376. The summed E-state index contributed by atoms with van der Waals surface area (Å²) in [6.45, 7) is 0. The van der Waals surface area contributed by atoms with Crippen molar-refractivity contribution in [1.82, 2.24) is 0 Å². The number of anilines is 2. The molecule has 4 nitrogen and oxygen atoms in total. The molecule has 0 aromatic heterocycles. The highest BCUT2D eigenvalue weighted by Crippen LogP contribution is 2.39. The van der Waals surface area contributed by atoms with E-state index < -0.39 is 0 Å². The summed E-state index contributed by atoms with van der Waals surface area (Å²) in [5.41, 5.74) is 2.28. The van der Waals surface area contributed by atoms with Gasteiger partial charge in [0, 0.05) is 4.90 Å². The van der Waals surface area contributed by atoms with Gasteiger partial charge in [0.05, 0.1) is 34.6 Å². The average Bonchev–Trinajstić information content (AvgIpc) is 2.89. The lowest BCUT2D eigenvalue weighted by atomic mass is 10.0. The molecule has 3 aromatic carbocycles. The highest BCUT2D eigenvalue weighted by atomic mass is 35.5. The van der Waals surface area contributed by atoms with E-state index in [2.05, 4.69) is 5.32 Å². The van der Waals surface area contributed by atoms with Crippen LogP contribution in [0.3, 0.4) is 0 Å². The quantitative estimate of drug-likeness (QED) is 0.561. The maximum atomic E-state index is 13.4. The summed E-state index contributed by atoms with van der Waals surface area (Å²) in [4.78, 5) is 28.6. The van der Waals surface area contributed by atoms with Crippen molar-refractivity contribution in [2.24, 2.45) is 0 Å². The molecule has 1 unspecified atom stereocenters. The van der Waals surface area contributed by atoms with Crippen molar-refractivity contribution in [2.45, 2.75) is 17.4 Å². The third-order valence-electron chi connectivity index (χ3n) is 4.77. The largest absolute Gasteiger partial charge is 0.324 e. The Kier molecular flexibility index (Phi) is 5.88. The van der Waals surface area contributed by atoms with Crippen LogP contribution in [-0.4, -0.2) is 17.6 Å². The molecule has 0 aliphatic carbocycles. The lowest BCUT2D eigenvalue weighted by Crippen LogP contribution is -2.36. The number of carbonyl (C=O) groups is 2. The molecule has 0 radical (unpaired) electrons. The number of hydrogen-bond donors (Lipinski definition) is 1. The van der Waals surface area contributed by atoms with Gasteiger partial charge in [-0.3, -0.25) is 9.59 Å². The van der Waals surface area contributed by atoms with Gasteiger partial charge in [0.25, 0.3) is 0 Å². The number of amides is 2. The Hall–Kier alpha value is -2.76. The number of hydrogen-bond acceptors (Lipinski definition) is 3. The van der Waals surface area contributed by atoms with E-state index in [0.29, 0.717) is 16.4 Å². The summed E-state index contributed by atoms with van der Waals surface area (Å²) in [6, 6.07) is 24.2. The first-order valence-electron chi connectivity index (χ1n) is 9.26. The molecule has 0 spiro atoms. The number of thioether (sulfide) groups is 1. The first-order valence-corrected chi connectivity index (χ1v) is 10.6. The Balaban J connectivity index is 1.70. The zero-order chi connectivity index (χ0) is 20.2. The maximum Gasteiger partial charge on any atom is 0.238 e. The fraction of sp³-hybridized carbons (Fsp3) is 0.130. The van der Waals surface area contributed by atoms with E-state index in [-0.39, 0.29) is 30.0 Å². The molecule has 1 N–H and O–H groups in total. The van der Waals surface area contributed by atoms with Gasteiger partial charge in [-0.05, 0) is 29.8 Å². The Labute approximate surface area is 178 Å². The Morgan fingerprint density at radius 3 is 2.48 bits per heavy atom. The zero-order valence-corrected chi connectivity index (χ0v) is 17.1. The van der Waals surface area contributed by atoms with Crippen molar-refractivity contribution >= 4 is 46.6 Å². The minimum absolute atomic E-state index is 0.0762. The van der Waals surface area contributed by atoms with E-state index >= 15 is 0 Å². The fourth-order valence-corrected chi connectivity index (χ4v) is 4.54. The van der Waals surface area contributed by atoms with Crippen LogP contribution in [0, 0.1) is 0 Å². The van der Waals surface area contributed by atoms with Gasteiger partial charge in [-0.15, -0.1) is 11.8 Å². The van der Waals surface area contributed by atoms with Crippen LogP contribution >= 0.6 is 23.4 Å². The van der Waals surface area contributed by atoms with Crippen LogP contribution in [0.4, 0.5) is 11.4 Å². The summed E-state index contributed by atoms with van der Waals surface area (Å²) in [5.74, 6) is 0.0309. The second-order valence-corrected chi connectivity index (χ2v) is 8.10. The van der Waals surface area contributed by atoms with Gasteiger partial charge in [0.1, 0.15) is 0 Å². The Bertz CT molecular complexity index is 1040. The van der Waals surface area contributed by atoms with Gasteiger partial charge < -0.3 is 10.2 Å². The second-order valence-electron chi connectivity index (χ2n) is 6.68. The highest BCUT2D eigenvalue weighted by Gasteiger charge is 2.33. The van der Waals surface area contributed by atoms with E-state index in [4.69, 9.17) is 11.6 Å². The van der Waals surface area contributed by atoms with Crippen molar-refractivity contribution in [3.8, 4) is 0 Å². The predicted octanol–water partition coefficient (Wildman–Crippen LogP) is 5.55. The molecule has 4 rings (SSSR count). The van der Waals surface area contributed by atoms with Crippen LogP contribution in [0.1, 0.15) is 18.0 Å². The maximum absolute atomic E-state index is 13.4. The molecule has 1 heterocycles. The van der Waals surface area contributed by atoms with Crippen LogP contribution in [0.5, 0.6) is 0 Å². The van der Waals surface area contributed by atoms with Crippen molar-refractivity contribution in [3.63, 3.8) is 0 Å². The van der Waals surface area contributed by atoms with Crippen molar-refractivity contribution in [2.75, 3.05) is 16.0 Å². The number of halogens is 1. The van der Waals surface area contributed by atoms with Crippen LogP contribution in [-0.2, 0) is 9.59 Å². The van der Waals surface area contributed by atoms with Gasteiger partial charge in [-0.2, -0.15) is 0 Å². The van der Waals surface area contributed by atoms with Crippen LogP contribution in [0.2, 0.25) is 5.02 Å². The first kappa shape index (κ1) is 19.6. The molecular weight excluding hydrogens is 404 g/mol. The van der Waals surface area contributed by atoms with Gasteiger partial charge in [0.2, 0.25) is 11.8 Å². The summed E-state index contributed by atoms with van der Waals surface area (Å²) in [6.07, 6.45) is 0.196. The number of nitrogens with one attached hydrogen (secondary N) is 1. The van der Waals surface area contributed by atoms with E-state index in [1.807, 2.05) is 78.9 Å². The van der Waals surface area contributed by atoms with E-state index in [9.17, 15) is 9.59 Å². The Morgan fingerprint density at radius 2 is 1.69 bits per heavy atom. The summed E-state index contributed by atoms with van der Waals surface area (Å²) < 4.78 is 0. The number of carbonyl (C=O) groups excluding carboxylic acids is 2. The van der Waals surface area contributed by atoms with Crippen molar-refractivity contribution in [3.05, 3.63) is 89.4 Å². The number of para-hydroxylation sites is 2. The summed E-state index contributed by atoms with van der Waals surface area (Å²) in [5, 5.41) is 3.55. The Morgan fingerprint density at radius 1 is 1.00 bits per heavy atom. The first-order chi connectivity index (χ1) is 14.1. The molecule has 2 amide bonds. The molecule has 1 atom stereocenters. The van der Waals surface area contributed by atoms with Crippen molar-refractivity contribution < 1.29 is 9.59 Å². The highest BCUT2D eigenvalue weighted by molar-refractivity contribution is 8.00. The van der Waals surface area contributed by atoms with Gasteiger partial charge in [-0.1, -0.05) is 66.2 Å². The third-order valence-corrected chi connectivity index (χ3v) is 6.27. The molecule has 6 heteroatoms. The van der Waals surface area contributed by atoms with Gasteiger partial charge in [-0.25, -0.2) is 0 Å². The lowest BCUT2D eigenvalue weighted by molar-refractivity contribution is -0.117. The van der Waals surface area contributed by atoms with Gasteiger partial charge >= 0.3 is 0 Å². The van der Waals surface area contributed by atoms with Crippen LogP contribution in [0.15, 0.2) is 83.8 Å². The fourth-order valence-electron chi connectivity index (χ4n) is 3.45. The van der Waals surface area contributed by atoms with Crippen LogP contribution < -0.4 is 10.2 Å². The molecule has 146 valence electrons. The predicted molar refractivity (Wildman–Crippen MR) is 119 cm³/mol. The second kappa shape index (κ2) is 8.72. The number of fused-ring (bicyclic) bond motifs is 1. The SMILES string of the molecule is O=C1CC(c2ccccc2)N(C(=O)CSc2ccccc2Cl)c2ccccc2N1. The number of nitrogens with zero attached hydrogens (tertiary/aromatic N) is 1.